The Morgan fingerprint density at radius 3 is 2.56 bits per heavy atom. The van der Waals surface area contributed by atoms with Gasteiger partial charge >= 0.3 is 0 Å². The molecule has 0 atom stereocenters. The molecule has 2 rings (SSSR count). The van der Waals surface area contributed by atoms with E-state index in [2.05, 4.69) is 27.0 Å². The van der Waals surface area contributed by atoms with Crippen molar-refractivity contribution in [2.24, 2.45) is 4.99 Å². The Morgan fingerprint density at radius 1 is 1.12 bits per heavy atom. The van der Waals surface area contributed by atoms with Gasteiger partial charge < -0.3 is 16.0 Å². The number of guanidine groups is 1. The van der Waals surface area contributed by atoms with Crippen LogP contribution in [-0.4, -0.2) is 38.0 Å². The normalized spacial score (nSPS) is 18.8. The summed E-state index contributed by atoms with van der Waals surface area (Å²) in [4.78, 5) is 16.2. The van der Waals surface area contributed by atoms with Crippen LogP contribution in [0.15, 0.2) is 16.6 Å². The van der Waals surface area contributed by atoms with E-state index in [0.717, 1.165) is 31.8 Å². The van der Waals surface area contributed by atoms with E-state index >= 15 is 0 Å². The molecule has 1 amide bonds. The second kappa shape index (κ2) is 13.4. The maximum Gasteiger partial charge on any atom is 0.221 e. The highest BCUT2D eigenvalue weighted by Gasteiger charge is 2.15. The Labute approximate surface area is 169 Å². The highest BCUT2D eigenvalue weighted by Crippen LogP contribution is 2.19. The van der Waals surface area contributed by atoms with Crippen LogP contribution in [0.25, 0.3) is 0 Å². The van der Waals surface area contributed by atoms with Crippen molar-refractivity contribution in [1.29, 1.82) is 0 Å². The molecule has 0 spiro atoms. The lowest BCUT2D eigenvalue weighted by Gasteiger charge is -2.22. The summed E-state index contributed by atoms with van der Waals surface area (Å²) in [6.07, 6.45) is 15.2. The minimum absolute atomic E-state index is 0. The summed E-state index contributed by atoms with van der Waals surface area (Å²) in [5.74, 6) is 0.939. The molecule has 0 aliphatic heterocycles. The molecule has 2 aliphatic carbocycles. The Hall–Kier alpha value is -0.790. The second-order valence-electron chi connectivity index (χ2n) is 6.94. The maximum atomic E-state index is 12.0. The Balaban J connectivity index is 0.00000312. The first-order valence-electron chi connectivity index (χ1n) is 9.69. The lowest BCUT2D eigenvalue weighted by molar-refractivity contribution is -0.121. The quantitative estimate of drug-likeness (QED) is 0.235. The number of allylic oxidation sites excluding steroid dienone is 1. The molecule has 3 N–H and O–H groups in total. The summed E-state index contributed by atoms with van der Waals surface area (Å²) in [6.45, 7) is 1.53. The number of carbonyl (C=O) groups is 1. The molecule has 0 aromatic rings. The Kier molecular flexibility index (Phi) is 11.9. The number of carbonyl (C=O) groups excluding carboxylic acids is 1. The first kappa shape index (κ1) is 22.3. The van der Waals surface area contributed by atoms with Gasteiger partial charge in [0.2, 0.25) is 5.91 Å². The van der Waals surface area contributed by atoms with E-state index in [1.807, 2.05) is 0 Å². The largest absolute Gasteiger partial charge is 0.356 e. The predicted molar refractivity (Wildman–Crippen MR) is 116 cm³/mol. The number of rotatable bonds is 7. The fraction of sp³-hybridized carbons (Fsp3) is 0.789. The molecule has 0 heterocycles. The first-order valence-corrected chi connectivity index (χ1v) is 9.69. The van der Waals surface area contributed by atoms with E-state index in [-0.39, 0.29) is 29.9 Å². The molecular formula is C19H35IN4O. The van der Waals surface area contributed by atoms with Crippen LogP contribution in [-0.2, 0) is 4.79 Å². The molecule has 0 bridgehead atoms. The minimum atomic E-state index is 0. The third-order valence-corrected chi connectivity index (χ3v) is 4.96. The van der Waals surface area contributed by atoms with Gasteiger partial charge in [-0.1, -0.05) is 30.9 Å². The first-order chi connectivity index (χ1) is 11.8. The molecule has 0 radical (unpaired) electrons. The molecule has 5 nitrogen and oxygen atoms in total. The van der Waals surface area contributed by atoms with Gasteiger partial charge in [-0.2, -0.15) is 0 Å². The number of nitrogens with one attached hydrogen (secondary N) is 3. The lowest BCUT2D eigenvalue weighted by Crippen LogP contribution is -2.41. The summed E-state index contributed by atoms with van der Waals surface area (Å²) in [6, 6.07) is 0.396. The van der Waals surface area contributed by atoms with Crippen molar-refractivity contribution < 1.29 is 4.79 Å². The van der Waals surface area contributed by atoms with Crippen molar-refractivity contribution in [3.63, 3.8) is 0 Å². The molecule has 1 saturated carbocycles. The average molecular weight is 462 g/mol. The molecule has 0 aromatic heterocycles. The molecule has 0 saturated heterocycles. The van der Waals surface area contributed by atoms with E-state index in [1.165, 1.54) is 44.9 Å². The van der Waals surface area contributed by atoms with Crippen LogP contribution in [0.2, 0.25) is 0 Å². The van der Waals surface area contributed by atoms with Crippen LogP contribution in [0.1, 0.15) is 70.6 Å². The maximum absolute atomic E-state index is 12.0. The van der Waals surface area contributed by atoms with Crippen molar-refractivity contribution in [2.75, 3.05) is 20.1 Å². The number of amides is 1. The van der Waals surface area contributed by atoms with Gasteiger partial charge in [0.1, 0.15) is 0 Å². The third-order valence-electron chi connectivity index (χ3n) is 4.96. The molecule has 0 aromatic carbocycles. The van der Waals surface area contributed by atoms with Gasteiger partial charge in [-0.15, -0.1) is 24.0 Å². The molecule has 2 aliphatic rings. The van der Waals surface area contributed by atoms with Gasteiger partial charge in [0.05, 0.1) is 0 Å². The molecule has 25 heavy (non-hydrogen) atoms. The van der Waals surface area contributed by atoms with Crippen molar-refractivity contribution >= 4 is 35.8 Å². The van der Waals surface area contributed by atoms with Gasteiger partial charge in [-0.25, -0.2) is 0 Å². The fourth-order valence-corrected chi connectivity index (χ4v) is 3.53. The van der Waals surface area contributed by atoms with Gasteiger partial charge in [0.15, 0.2) is 5.96 Å². The lowest BCUT2D eigenvalue weighted by atomic mass is 9.95. The van der Waals surface area contributed by atoms with Crippen LogP contribution in [0.3, 0.4) is 0 Å². The number of hydrogen-bond acceptors (Lipinski definition) is 2. The van der Waals surface area contributed by atoms with Gasteiger partial charge in [-0.3, -0.25) is 9.79 Å². The number of hydrogen-bond donors (Lipinski definition) is 3. The van der Waals surface area contributed by atoms with Crippen molar-refractivity contribution in [1.82, 2.24) is 16.0 Å². The summed E-state index contributed by atoms with van der Waals surface area (Å²) in [5.41, 5.74) is 1.57. The highest BCUT2D eigenvalue weighted by molar-refractivity contribution is 14.0. The number of aliphatic imine (C=N–C) groups is 1. The van der Waals surface area contributed by atoms with Crippen LogP contribution in [0.5, 0.6) is 0 Å². The second-order valence-corrected chi connectivity index (χ2v) is 6.94. The topological polar surface area (TPSA) is 65.5 Å². The van der Waals surface area contributed by atoms with E-state index in [4.69, 9.17) is 0 Å². The average Bonchev–Trinajstić information content (AvgIpc) is 2.62. The zero-order chi connectivity index (χ0) is 17.0. The standard InChI is InChI=1S/C19H34N4O.HI/c1-20-19(21-14-12-16-8-4-2-5-9-16)22-15-13-18(24)23-17-10-6-3-7-11-17;/h8,17H,2-7,9-15H2,1H3,(H,23,24)(H2,20,21,22);1H. The van der Waals surface area contributed by atoms with Crippen molar-refractivity contribution in [2.45, 2.75) is 76.7 Å². The number of nitrogens with zero attached hydrogens (tertiary/aromatic N) is 1. The summed E-state index contributed by atoms with van der Waals surface area (Å²) in [7, 11) is 1.78. The van der Waals surface area contributed by atoms with Crippen LogP contribution >= 0.6 is 24.0 Å². The van der Waals surface area contributed by atoms with Gasteiger partial charge in [-0.05, 0) is 44.9 Å². The zero-order valence-electron chi connectivity index (χ0n) is 15.6. The van der Waals surface area contributed by atoms with E-state index in [1.54, 1.807) is 12.6 Å². The number of halogens is 1. The van der Waals surface area contributed by atoms with E-state index < -0.39 is 0 Å². The molecule has 144 valence electrons. The van der Waals surface area contributed by atoms with Crippen LogP contribution in [0, 0.1) is 0 Å². The third kappa shape index (κ3) is 9.47. The summed E-state index contributed by atoms with van der Waals surface area (Å²) in [5, 5.41) is 9.72. The smallest absolute Gasteiger partial charge is 0.221 e. The van der Waals surface area contributed by atoms with Crippen molar-refractivity contribution in [3.8, 4) is 0 Å². The Bertz CT molecular complexity index is 445. The van der Waals surface area contributed by atoms with E-state index in [0.29, 0.717) is 19.0 Å². The van der Waals surface area contributed by atoms with Crippen LogP contribution in [0.4, 0.5) is 0 Å². The van der Waals surface area contributed by atoms with Gasteiger partial charge in [0, 0.05) is 32.6 Å². The minimum Gasteiger partial charge on any atom is -0.356 e. The summed E-state index contributed by atoms with van der Waals surface area (Å²) < 4.78 is 0. The van der Waals surface area contributed by atoms with Crippen LogP contribution < -0.4 is 16.0 Å². The fourth-order valence-electron chi connectivity index (χ4n) is 3.53. The van der Waals surface area contributed by atoms with E-state index in [9.17, 15) is 4.79 Å². The molecule has 1 fully saturated rings. The highest BCUT2D eigenvalue weighted by atomic mass is 127. The molecular weight excluding hydrogens is 427 g/mol. The monoisotopic (exact) mass is 462 g/mol. The van der Waals surface area contributed by atoms with Gasteiger partial charge in [0.25, 0.3) is 0 Å². The predicted octanol–water partition coefficient (Wildman–Crippen LogP) is 3.50. The molecule has 6 heteroatoms. The van der Waals surface area contributed by atoms with Crippen molar-refractivity contribution in [3.05, 3.63) is 11.6 Å². The zero-order valence-corrected chi connectivity index (χ0v) is 17.9. The SMILES string of the molecule is CN=C(NCCC(=O)NC1CCCCC1)NCCC1=CCCCC1.I. The summed E-state index contributed by atoms with van der Waals surface area (Å²) >= 11 is 0. The molecule has 0 unspecified atom stereocenters. The Morgan fingerprint density at radius 2 is 1.88 bits per heavy atom.